The van der Waals surface area contributed by atoms with Crippen molar-refractivity contribution in [3.63, 3.8) is 0 Å². The first kappa shape index (κ1) is 29.5. The molecule has 6 nitrogen and oxygen atoms in total. The van der Waals surface area contributed by atoms with Crippen LogP contribution in [0.2, 0.25) is 0 Å². The van der Waals surface area contributed by atoms with Crippen LogP contribution in [0.15, 0.2) is 116 Å². The number of pyridine rings is 2. The summed E-state index contributed by atoms with van der Waals surface area (Å²) >= 11 is 0. The maximum atomic E-state index is 9.23. The molecular formula is C50H53N5O. The number of para-hydroxylation sites is 3. The number of fused-ring (bicyclic) bond motifs is 4. The van der Waals surface area contributed by atoms with Gasteiger partial charge in [0.15, 0.2) is 0 Å². The predicted molar refractivity (Wildman–Crippen MR) is 230 cm³/mol. The van der Waals surface area contributed by atoms with E-state index >= 15 is 0 Å². The van der Waals surface area contributed by atoms with Crippen LogP contribution < -0.4 is 9.30 Å². The molecular weight excluding hydrogens is 687 g/mol. The highest BCUT2D eigenvalue weighted by molar-refractivity contribution is 6.09. The van der Waals surface area contributed by atoms with Crippen LogP contribution in [0.1, 0.15) is 94.3 Å². The van der Waals surface area contributed by atoms with Crippen LogP contribution in [-0.2, 0) is 18.2 Å². The van der Waals surface area contributed by atoms with Gasteiger partial charge in [-0.2, -0.15) is 0 Å². The lowest BCUT2D eigenvalue weighted by Gasteiger charge is -2.22. The molecule has 284 valence electrons. The van der Waals surface area contributed by atoms with E-state index < -0.39 is 30.4 Å². The third-order valence-electron chi connectivity index (χ3n) is 9.59. The number of nitrogens with zero attached hydrogens (tertiary/aromatic N) is 5. The molecule has 0 unspecified atom stereocenters. The molecule has 0 radical (unpaired) electrons. The van der Waals surface area contributed by atoms with Crippen molar-refractivity contribution >= 4 is 32.8 Å². The fraction of sp³-hybridized carbons (Fsp3) is 0.300. The Kier molecular flexibility index (Phi) is 7.26. The van der Waals surface area contributed by atoms with Crippen LogP contribution >= 0.6 is 0 Å². The molecule has 0 spiro atoms. The van der Waals surface area contributed by atoms with E-state index in [9.17, 15) is 5.48 Å². The number of hydrogen-bond acceptors (Lipinski definition) is 3. The average molecular weight is 747 g/mol. The molecule has 0 fully saturated rings. The Morgan fingerprint density at radius 3 is 2.09 bits per heavy atom. The molecule has 8 rings (SSSR count). The number of benzene rings is 4. The predicted octanol–water partition coefficient (Wildman–Crippen LogP) is 12.2. The summed E-state index contributed by atoms with van der Waals surface area (Å²) in [5.41, 5.74) is 4.13. The molecule has 0 N–H and O–H groups in total. The van der Waals surface area contributed by atoms with Gasteiger partial charge < -0.3 is 4.74 Å². The minimum atomic E-state index is -2.61. The highest BCUT2D eigenvalue weighted by Crippen LogP contribution is 2.37. The van der Waals surface area contributed by atoms with Crippen LogP contribution in [0.3, 0.4) is 0 Å². The van der Waals surface area contributed by atoms with Crippen molar-refractivity contribution in [2.24, 2.45) is 10.8 Å². The summed E-state index contributed by atoms with van der Waals surface area (Å²) in [7, 11) is 0. The first-order valence-corrected chi connectivity index (χ1v) is 19.1. The molecule has 0 aliphatic heterocycles. The summed E-state index contributed by atoms with van der Waals surface area (Å²) in [6, 6.07) is 32.4. The molecule has 0 aliphatic carbocycles. The SMILES string of the molecule is [2H]C([2H])([2H])c1ncc(-n2[c-][n+](-c3cc(C([2H])([2H])C(C)(C)C)cc(C([2H])([2H])C(C)(C)C)c3)c3ccccc32)cc1Oc1ccc2c3ccccc3n(-c3cc(C(C)(C)C)ccn3)c2c1. The Morgan fingerprint density at radius 2 is 1.39 bits per heavy atom. The van der Waals surface area contributed by atoms with Gasteiger partial charge in [0, 0.05) is 38.8 Å². The van der Waals surface area contributed by atoms with Crippen molar-refractivity contribution in [2.75, 3.05) is 0 Å². The smallest absolute Gasteiger partial charge is 0.269 e. The van der Waals surface area contributed by atoms with Crippen LogP contribution in [0, 0.1) is 24.0 Å². The van der Waals surface area contributed by atoms with Gasteiger partial charge in [0.25, 0.3) is 6.33 Å². The monoisotopic (exact) mass is 746 g/mol. The average Bonchev–Trinajstić information content (AvgIpc) is 3.75. The Labute approximate surface area is 341 Å². The molecule has 4 heterocycles. The van der Waals surface area contributed by atoms with Crippen molar-refractivity contribution in [1.82, 2.24) is 19.1 Å². The Balaban J connectivity index is 1.29. The first-order chi connectivity index (χ1) is 29.3. The van der Waals surface area contributed by atoms with E-state index in [2.05, 4.69) is 54.8 Å². The zero-order valence-corrected chi connectivity index (χ0v) is 33.6. The zero-order chi connectivity index (χ0) is 45.7. The molecule has 0 aliphatic rings. The molecule has 56 heavy (non-hydrogen) atoms. The van der Waals surface area contributed by atoms with Crippen molar-refractivity contribution in [3.8, 4) is 28.7 Å². The van der Waals surface area contributed by atoms with Gasteiger partial charge >= 0.3 is 0 Å². The highest BCUT2D eigenvalue weighted by Gasteiger charge is 2.21. The van der Waals surface area contributed by atoms with E-state index in [1.165, 1.54) is 6.20 Å². The highest BCUT2D eigenvalue weighted by atomic mass is 16.5. The third-order valence-corrected chi connectivity index (χ3v) is 9.59. The Morgan fingerprint density at radius 1 is 0.714 bits per heavy atom. The van der Waals surface area contributed by atoms with Crippen molar-refractivity contribution in [2.45, 2.75) is 87.3 Å². The molecule has 8 aromatic rings. The summed E-state index contributed by atoms with van der Waals surface area (Å²) in [6.45, 7) is 14.9. The number of aryl methyl sites for hydroxylation is 1. The van der Waals surface area contributed by atoms with Gasteiger partial charge in [0.2, 0.25) is 0 Å². The maximum Gasteiger partial charge on any atom is 0.269 e. The van der Waals surface area contributed by atoms with Gasteiger partial charge in [-0.05, 0) is 89.9 Å². The second-order valence-corrected chi connectivity index (χ2v) is 17.6. The van der Waals surface area contributed by atoms with Crippen molar-refractivity contribution in [3.05, 3.63) is 144 Å². The summed E-state index contributed by atoms with van der Waals surface area (Å²) in [6.07, 6.45) is 3.09. The quantitative estimate of drug-likeness (QED) is 0.121. The van der Waals surface area contributed by atoms with Gasteiger partial charge in [-0.1, -0.05) is 122 Å². The number of aromatic nitrogens is 5. The first-order valence-electron chi connectivity index (χ1n) is 22.6. The van der Waals surface area contributed by atoms with E-state index in [1.807, 2.05) is 108 Å². The van der Waals surface area contributed by atoms with E-state index in [1.54, 1.807) is 33.4 Å². The van der Waals surface area contributed by atoms with Gasteiger partial charge in [0.05, 0.1) is 39.1 Å². The number of imidazole rings is 1. The zero-order valence-electron chi connectivity index (χ0n) is 40.6. The molecule has 4 aromatic heterocycles. The second-order valence-electron chi connectivity index (χ2n) is 17.6. The Bertz CT molecular complexity index is 3010. The third kappa shape index (κ3) is 7.45. The minimum Gasteiger partial charge on any atom is -0.456 e. The van der Waals surface area contributed by atoms with Gasteiger partial charge in [0.1, 0.15) is 17.3 Å². The summed E-state index contributed by atoms with van der Waals surface area (Å²) in [5.74, 6) is 1.20. The largest absolute Gasteiger partial charge is 0.456 e. The molecule has 0 saturated carbocycles. The van der Waals surface area contributed by atoms with Crippen LogP contribution in [0.25, 0.3) is 50.0 Å². The lowest BCUT2D eigenvalue weighted by Crippen LogP contribution is -2.30. The lowest BCUT2D eigenvalue weighted by atomic mass is 9.84. The Hall–Kier alpha value is -5.75. The minimum absolute atomic E-state index is 0.0427. The summed E-state index contributed by atoms with van der Waals surface area (Å²) < 4.78 is 74.5. The fourth-order valence-electron chi connectivity index (χ4n) is 7.22. The van der Waals surface area contributed by atoms with E-state index in [4.69, 9.17) is 13.8 Å². The fourth-order valence-corrected chi connectivity index (χ4v) is 7.22. The lowest BCUT2D eigenvalue weighted by molar-refractivity contribution is -0.572. The molecule has 0 amide bonds. The number of ether oxygens (including phenoxy) is 1. The van der Waals surface area contributed by atoms with Crippen LogP contribution in [0.4, 0.5) is 0 Å². The topological polar surface area (TPSA) is 48.8 Å². The normalized spacial score (nSPS) is 15.2. The van der Waals surface area contributed by atoms with Crippen LogP contribution in [0.5, 0.6) is 11.5 Å². The maximum absolute atomic E-state index is 9.23. The van der Waals surface area contributed by atoms with Gasteiger partial charge in [-0.3, -0.25) is 18.7 Å². The van der Waals surface area contributed by atoms with Crippen molar-refractivity contribution in [1.29, 1.82) is 0 Å². The van der Waals surface area contributed by atoms with Gasteiger partial charge in [-0.15, -0.1) is 0 Å². The van der Waals surface area contributed by atoms with E-state index in [0.717, 1.165) is 33.2 Å². The molecule has 6 heteroatoms. The summed E-state index contributed by atoms with van der Waals surface area (Å²) in [5, 5.41) is 2.03. The number of hydrogen-bond donors (Lipinski definition) is 0. The standard InChI is InChI=1S/C50H53N5O/c1-33-46(56-39-19-20-41-40-15-11-12-16-42(40)55(45(41)28-39)47-26-36(21-22-51-47)50(8,9)10)27-38(31-52-33)54-32-53(43-17-13-14-18-44(43)54)37-24-34(29-48(2,3)4)23-35(25-37)30-49(5,6)7/h11-28,31H,29-30H2,1-10H3/i1D3,29D2,30D2. The van der Waals surface area contributed by atoms with Gasteiger partial charge in [-0.25, -0.2) is 4.98 Å². The molecule has 0 saturated heterocycles. The van der Waals surface area contributed by atoms with E-state index in [-0.39, 0.29) is 16.9 Å². The molecule has 0 atom stereocenters. The van der Waals surface area contributed by atoms with Crippen molar-refractivity contribution < 1.29 is 18.9 Å². The molecule has 0 bridgehead atoms. The summed E-state index contributed by atoms with van der Waals surface area (Å²) in [4.78, 5) is 9.30. The van der Waals surface area contributed by atoms with E-state index in [0.29, 0.717) is 39.3 Å². The van der Waals surface area contributed by atoms with Crippen LogP contribution in [-0.4, -0.2) is 19.1 Å². The second kappa shape index (κ2) is 13.8. The number of rotatable bonds is 7. The molecule has 4 aromatic carbocycles.